The van der Waals surface area contributed by atoms with Crippen LogP contribution >= 0.6 is 0 Å². The maximum atomic E-state index is 11.7. The van der Waals surface area contributed by atoms with Crippen molar-refractivity contribution in [3.8, 4) is 0 Å². The van der Waals surface area contributed by atoms with Gasteiger partial charge in [-0.05, 0) is 25.0 Å². The Hall–Kier alpha value is -1.57. The van der Waals surface area contributed by atoms with Crippen molar-refractivity contribution in [2.45, 2.75) is 32.1 Å². The third kappa shape index (κ3) is 2.96. The van der Waals surface area contributed by atoms with Gasteiger partial charge in [-0.25, -0.2) is 4.79 Å². The molecule has 0 bridgehead atoms. The lowest BCUT2D eigenvalue weighted by atomic mass is 10.1. The molecule has 0 N–H and O–H groups in total. The van der Waals surface area contributed by atoms with E-state index in [2.05, 4.69) is 6.92 Å². The normalized spacial score (nSPS) is 10.9. The Morgan fingerprint density at radius 2 is 1.94 bits per heavy atom. The predicted octanol–water partition coefficient (Wildman–Crippen LogP) is 3.73. The lowest BCUT2D eigenvalue weighted by molar-refractivity contribution is 0.545. The van der Waals surface area contributed by atoms with Crippen molar-refractivity contribution in [1.82, 2.24) is 0 Å². The highest BCUT2D eigenvalue weighted by atomic mass is 16.4. The van der Waals surface area contributed by atoms with Gasteiger partial charge in [0.2, 0.25) is 0 Å². The molecule has 0 spiro atoms. The van der Waals surface area contributed by atoms with Crippen LogP contribution in [0.4, 0.5) is 0 Å². The molecule has 1 heterocycles. The van der Waals surface area contributed by atoms with Gasteiger partial charge in [-0.2, -0.15) is 0 Å². The summed E-state index contributed by atoms with van der Waals surface area (Å²) in [5.74, 6) is 0. The average Bonchev–Trinajstić information content (AvgIpc) is 2.35. The summed E-state index contributed by atoms with van der Waals surface area (Å²) in [6.45, 7) is 3.81. The van der Waals surface area contributed by atoms with E-state index in [1.165, 1.54) is 0 Å². The molecule has 2 aromatic rings. The molecule has 17 heavy (non-hydrogen) atoms. The van der Waals surface area contributed by atoms with E-state index in [4.69, 9.17) is 4.42 Å². The smallest absolute Gasteiger partial charge is 0.339 e. The number of hydrogen-bond donors (Lipinski definition) is 0. The van der Waals surface area contributed by atoms with E-state index >= 15 is 0 Å². The highest BCUT2D eigenvalue weighted by Gasteiger charge is 2.04. The molecule has 0 amide bonds. The Morgan fingerprint density at radius 3 is 2.76 bits per heavy atom. The number of rotatable bonds is 5. The minimum absolute atomic E-state index is 0.196. The molecule has 0 atom stereocenters. The standard InChI is InChI=1S/C15H17O2/c1-2-3-4-5-9-13-11-12-8-6-7-10-14(12)17-15(13)16/h6-8,10-11H,1-5,9H2. The molecule has 2 heteroatoms. The first-order chi connectivity index (χ1) is 8.31. The monoisotopic (exact) mass is 229 g/mol. The molecule has 0 saturated heterocycles. The molecular weight excluding hydrogens is 212 g/mol. The topological polar surface area (TPSA) is 30.2 Å². The van der Waals surface area contributed by atoms with E-state index in [9.17, 15) is 4.79 Å². The maximum absolute atomic E-state index is 11.7. The van der Waals surface area contributed by atoms with Crippen molar-refractivity contribution in [2.24, 2.45) is 0 Å². The summed E-state index contributed by atoms with van der Waals surface area (Å²) in [5.41, 5.74) is 1.25. The SMILES string of the molecule is [CH2]CCCCCc1cc2ccccc2oc1=O. The molecule has 0 fully saturated rings. The second-order valence-corrected chi connectivity index (χ2v) is 4.26. The van der Waals surface area contributed by atoms with Gasteiger partial charge in [-0.15, -0.1) is 0 Å². The molecule has 2 rings (SSSR count). The van der Waals surface area contributed by atoms with Gasteiger partial charge in [0.25, 0.3) is 0 Å². The van der Waals surface area contributed by atoms with Crippen LogP contribution in [-0.4, -0.2) is 0 Å². The van der Waals surface area contributed by atoms with Gasteiger partial charge >= 0.3 is 5.63 Å². The van der Waals surface area contributed by atoms with Gasteiger partial charge in [0, 0.05) is 10.9 Å². The van der Waals surface area contributed by atoms with Crippen molar-refractivity contribution in [3.63, 3.8) is 0 Å². The summed E-state index contributed by atoms with van der Waals surface area (Å²) >= 11 is 0. The quantitative estimate of drug-likeness (QED) is 0.577. The lowest BCUT2D eigenvalue weighted by Crippen LogP contribution is -2.06. The van der Waals surface area contributed by atoms with Gasteiger partial charge in [0.05, 0.1) is 0 Å². The van der Waals surface area contributed by atoms with E-state index in [0.717, 1.165) is 43.1 Å². The maximum Gasteiger partial charge on any atom is 0.339 e. The molecule has 0 saturated carbocycles. The van der Waals surface area contributed by atoms with Gasteiger partial charge in [0.1, 0.15) is 5.58 Å². The Balaban J connectivity index is 2.17. The molecule has 0 aliphatic carbocycles. The molecular formula is C15H17O2. The number of aryl methyl sites for hydroxylation is 1. The number of unbranched alkanes of at least 4 members (excludes halogenated alkanes) is 3. The number of hydrogen-bond acceptors (Lipinski definition) is 2. The largest absolute Gasteiger partial charge is 0.423 e. The van der Waals surface area contributed by atoms with E-state index in [0.29, 0.717) is 5.58 Å². The van der Waals surface area contributed by atoms with Crippen LogP contribution in [0.2, 0.25) is 0 Å². The third-order valence-electron chi connectivity index (χ3n) is 2.91. The van der Waals surface area contributed by atoms with Gasteiger partial charge in [-0.3, -0.25) is 0 Å². The van der Waals surface area contributed by atoms with Crippen LogP contribution in [0, 0.1) is 6.92 Å². The zero-order valence-electron chi connectivity index (χ0n) is 9.95. The van der Waals surface area contributed by atoms with Crippen molar-refractivity contribution < 1.29 is 4.42 Å². The van der Waals surface area contributed by atoms with Crippen molar-refractivity contribution in [1.29, 1.82) is 0 Å². The first-order valence-electron chi connectivity index (χ1n) is 6.12. The van der Waals surface area contributed by atoms with Crippen LogP contribution < -0.4 is 5.63 Å². The average molecular weight is 229 g/mol. The molecule has 0 unspecified atom stereocenters. The van der Waals surface area contributed by atoms with E-state index in [1.54, 1.807) is 0 Å². The number of benzene rings is 1. The fraction of sp³-hybridized carbons (Fsp3) is 0.333. The van der Waals surface area contributed by atoms with Crippen molar-refractivity contribution >= 4 is 11.0 Å². The van der Waals surface area contributed by atoms with E-state index < -0.39 is 0 Å². The zero-order valence-corrected chi connectivity index (χ0v) is 9.95. The first kappa shape index (κ1) is 11.9. The lowest BCUT2D eigenvalue weighted by Gasteiger charge is -2.01. The zero-order chi connectivity index (χ0) is 12.1. The van der Waals surface area contributed by atoms with Crippen LogP contribution in [-0.2, 0) is 6.42 Å². The number of fused-ring (bicyclic) bond motifs is 1. The molecule has 0 aliphatic heterocycles. The van der Waals surface area contributed by atoms with Crippen LogP contribution in [0.5, 0.6) is 0 Å². The summed E-state index contributed by atoms with van der Waals surface area (Å²) in [6, 6.07) is 9.57. The molecule has 1 aromatic carbocycles. The molecule has 89 valence electrons. The summed E-state index contributed by atoms with van der Waals surface area (Å²) in [7, 11) is 0. The van der Waals surface area contributed by atoms with E-state index in [-0.39, 0.29) is 5.63 Å². The molecule has 1 aromatic heterocycles. The first-order valence-corrected chi connectivity index (χ1v) is 6.12. The fourth-order valence-corrected chi connectivity index (χ4v) is 1.95. The van der Waals surface area contributed by atoms with Gasteiger partial charge in [-0.1, -0.05) is 44.4 Å². The summed E-state index contributed by atoms with van der Waals surface area (Å²) < 4.78 is 5.28. The molecule has 2 nitrogen and oxygen atoms in total. The molecule has 1 radical (unpaired) electrons. The van der Waals surface area contributed by atoms with Crippen LogP contribution in [0.3, 0.4) is 0 Å². The van der Waals surface area contributed by atoms with Crippen molar-refractivity contribution in [2.75, 3.05) is 0 Å². The Labute approximate surface area is 101 Å². The van der Waals surface area contributed by atoms with Gasteiger partial charge < -0.3 is 4.42 Å². The minimum Gasteiger partial charge on any atom is -0.423 e. The highest BCUT2D eigenvalue weighted by Crippen LogP contribution is 2.14. The second-order valence-electron chi connectivity index (χ2n) is 4.26. The van der Waals surface area contributed by atoms with E-state index in [1.807, 2.05) is 30.3 Å². The summed E-state index contributed by atoms with van der Waals surface area (Å²) in [4.78, 5) is 11.7. The van der Waals surface area contributed by atoms with Crippen LogP contribution in [0.25, 0.3) is 11.0 Å². The minimum atomic E-state index is -0.196. The Kier molecular flexibility index (Phi) is 3.97. The van der Waals surface area contributed by atoms with Crippen LogP contribution in [0.15, 0.2) is 39.5 Å². The fourth-order valence-electron chi connectivity index (χ4n) is 1.95. The summed E-state index contributed by atoms with van der Waals surface area (Å²) in [6.07, 6.45) is 5.03. The molecule has 0 aliphatic rings. The van der Waals surface area contributed by atoms with Crippen LogP contribution in [0.1, 0.15) is 31.2 Å². The second kappa shape index (κ2) is 5.67. The highest BCUT2D eigenvalue weighted by molar-refractivity contribution is 5.76. The summed E-state index contributed by atoms with van der Waals surface area (Å²) in [5, 5.41) is 0.999. The van der Waals surface area contributed by atoms with Crippen molar-refractivity contribution in [3.05, 3.63) is 53.2 Å². The van der Waals surface area contributed by atoms with Gasteiger partial charge in [0.15, 0.2) is 0 Å². The Morgan fingerprint density at radius 1 is 1.12 bits per heavy atom. The third-order valence-corrected chi connectivity index (χ3v) is 2.91. The number of para-hydroxylation sites is 1. The predicted molar refractivity (Wildman–Crippen MR) is 70.0 cm³/mol. The Bertz CT molecular complexity index is 540.